The Morgan fingerprint density at radius 2 is 2.23 bits per heavy atom. The molecule has 3 heteroatoms. The molecule has 74 valence electrons. The van der Waals surface area contributed by atoms with E-state index in [2.05, 4.69) is 5.10 Å². The number of aryl methyl sites for hydroxylation is 2. The molecule has 0 spiro atoms. The minimum atomic E-state index is 0.624. The maximum atomic E-state index is 9.97. The van der Waals surface area contributed by atoms with Crippen LogP contribution in [0.15, 0.2) is 12.4 Å². The second-order valence-electron chi connectivity index (χ2n) is 2.59. The average Bonchev–Trinajstić information content (AvgIpc) is 2.56. The van der Waals surface area contributed by atoms with Crippen molar-refractivity contribution in [2.24, 2.45) is 0 Å². The van der Waals surface area contributed by atoms with Gasteiger partial charge in [-0.3, -0.25) is 4.68 Å². The van der Waals surface area contributed by atoms with Gasteiger partial charge >= 0.3 is 0 Å². The molecule has 0 aromatic carbocycles. The molecule has 0 amide bonds. The van der Waals surface area contributed by atoms with E-state index in [0.29, 0.717) is 6.42 Å². The molecule has 3 nitrogen and oxygen atoms in total. The normalized spacial score (nSPS) is 8.85. The highest BCUT2D eigenvalue weighted by atomic mass is 16.1. The molecule has 0 N–H and O–H groups in total. The molecule has 0 radical (unpaired) electrons. The molecule has 0 saturated carbocycles. The predicted octanol–water partition coefficient (Wildman–Crippen LogP) is 2.20. The van der Waals surface area contributed by atoms with Gasteiger partial charge in [0.1, 0.15) is 6.29 Å². The van der Waals surface area contributed by atoms with Gasteiger partial charge in [-0.05, 0) is 18.9 Å². The highest BCUT2D eigenvalue weighted by Gasteiger charge is 1.92. The van der Waals surface area contributed by atoms with Crippen LogP contribution in [0.4, 0.5) is 0 Å². The number of aldehydes is 1. The van der Waals surface area contributed by atoms with Crippen molar-refractivity contribution in [2.75, 3.05) is 0 Å². The summed E-state index contributed by atoms with van der Waals surface area (Å²) in [6.45, 7) is 6.84. The van der Waals surface area contributed by atoms with Crippen molar-refractivity contribution < 1.29 is 4.79 Å². The average molecular weight is 182 g/mol. The Morgan fingerprint density at radius 3 is 2.69 bits per heavy atom. The molecule has 0 bridgehead atoms. The van der Waals surface area contributed by atoms with Crippen LogP contribution in [0, 0.1) is 6.92 Å². The lowest BCUT2D eigenvalue weighted by Crippen LogP contribution is -1.97. The zero-order valence-electron chi connectivity index (χ0n) is 8.66. The molecule has 0 unspecified atom stereocenters. The first-order chi connectivity index (χ1) is 6.33. The third-order valence-electron chi connectivity index (χ3n) is 1.47. The maximum absolute atomic E-state index is 9.97. The molecule has 1 rings (SSSR count). The van der Waals surface area contributed by atoms with Crippen LogP contribution in [-0.4, -0.2) is 16.1 Å². The summed E-state index contributed by atoms with van der Waals surface area (Å²) in [5.74, 6) is 0. The lowest BCUT2D eigenvalue weighted by atomic mass is 10.3. The number of aromatic nitrogens is 2. The first kappa shape index (κ1) is 11.9. The molecular weight excluding hydrogens is 164 g/mol. The molecule has 0 aliphatic heterocycles. The van der Waals surface area contributed by atoms with Gasteiger partial charge in [0.15, 0.2) is 0 Å². The van der Waals surface area contributed by atoms with Crippen molar-refractivity contribution in [3.63, 3.8) is 0 Å². The monoisotopic (exact) mass is 182 g/mol. The summed E-state index contributed by atoms with van der Waals surface area (Å²) >= 11 is 0. The van der Waals surface area contributed by atoms with E-state index in [4.69, 9.17) is 0 Å². The van der Waals surface area contributed by atoms with Crippen molar-refractivity contribution in [3.05, 3.63) is 18.0 Å². The van der Waals surface area contributed by atoms with Crippen LogP contribution in [0.5, 0.6) is 0 Å². The van der Waals surface area contributed by atoms with Crippen molar-refractivity contribution >= 4 is 6.29 Å². The fraction of sp³-hybridized carbons (Fsp3) is 0.600. The summed E-state index contributed by atoms with van der Waals surface area (Å²) in [4.78, 5) is 9.97. The van der Waals surface area contributed by atoms with Crippen LogP contribution in [0.3, 0.4) is 0 Å². The van der Waals surface area contributed by atoms with Crippen LogP contribution in [0.25, 0.3) is 0 Å². The van der Waals surface area contributed by atoms with Gasteiger partial charge in [-0.1, -0.05) is 13.8 Å². The van der Waals surface area contributed by atoms with Gasteiger partial charge in [-0.2, -0.15) is 5.10 Å². The number of hydrogen-bond donors (Lipinski definition) is 0. The molecule has 0 aliphatic rings. The number of hydrogen-bond acceptors (Lipinski definition) is 2. The molecule has 1 aromatic rings. The van der Waals surface area contributed by atoms with E-state index in [1.165, 1.54) is 0 Å². The Balaban J connectivity index is 0.000000671. The van der Waals surface area contributed by atoms with E-state index in [1.807, 2.05) is 37.8 Å². The van der Waals surface area contributed by atoms with Crippen LogP contribution >= 0.6 is 0 Å². The largest absolute Gasteiger partial charge is 0.303 e. The molecule has 1 heterocycles. The van der Waals surface area contributed by atoms with Gasteiger partial charge in [-0.15, -0.1) is 0 Å². The Bertz CT molecular complexity index is 231. The van der Waals surface area contributed by atoms with Crippen molar-refractivity contribution in [2.45, 2.75) is 40.2 Å². The summed E-state index contributed by atoms with van der Waals surface area (Å²) < 4.78 is 1.86. The highest BCUT2D eigenvalue weighted by Crippen LogP contribution is 1.96. The lowest BCUT2D eigenvalue weighted by Gasteiger charge is -1.95. The standard InChI is InChI=1S/C8H12N2O.C2H6/c1-8-6-9-10(7-8)4-2-3-5-11;1-2/h5-7H,2-4H2,1H3;1-2H3. The Labute approximate surface area is 79.8 Å². The van der Waals surface area contributed by atoms with E-state index < -0.39 is 0 Å². The van der Waals surface area contributed by atoms with Crippen molar-refractivity contribution in [1.82, 2.24) is 9.78 Å². The molecule has 0 atom stereocenters. The van der Waals surface area contributed by atoms with E-state index >= 15 is 0 Å². The van der Waals surface area contributed by atoms with Gasteiger partial charge < -0.3 is 4.79 Å². The van der Waals surface area contributed by atoms with E-state index in [1.54, 1.807) is 0 Å². The molecule has 13 heavy (non-hydrogen) atoms. The summed E-state index contributed by atoms with van der Waals surface area (Å²) in [5, 5.41) is 4.09. The third kappa shape index (κ3) is 5.17. The number of carbonyl (C=O) groups is 1. The molecule has 0 fully saturated rings. The zero-order chi connectivity index (χ0) is 10.1. The molecule has 1 aromatic heterocycles. The van der Waals surface area contributed by atoms with E-state index in [0.717, 1.165) is 24.8 Å². The Kier molecular flexibility index (Phi) is 6.88. The van der Waals surface area contributed by atoms with Gasteiger partial charge in [0.05, 0.1) is 6.20 Å². The minimum absolute atomic E-state index is 0.624. The van der Waals surface area contributed by atoms with Crippen molar-refractivity contribution in [1.29, 1.82) is 0 Å². The lowest BCUT2D eigenvalue weighted by molar-refractivity contribution is -0.107. The summed E-state index contributed by atoms with van der Waals surface area (Å²) in [5.41, 5.74) is 1.16. The van der Waals surface area contributed by atoms with Gasteiger partial charge in [0.2, 0.25) is 0 Å². The first-order valence-electron chi connectivity index (χ1n) is 4.75. The molecular formula is C10H18N2O. The third-order valence-corrected chi connectivity index (χ3v) is 1.47. The summed E-state index contributed by atoms with van der Waals surface area (Å²) in [7, 11) is 0. The van der Waals surface area contributed by atoms with Crippen LogP contribution in [0.1, 0.15) is 32.3 Å². The number of unbranched alkanes of at least 4 members (excludes halogenated alkanes) is 1. The smallest absolute Gasteiger partial charge is 0.120 e. The quantitative estimate of drug-likeness (QED) is 0.528. The van der Waals surface area contributed by atoms with Gasteiger partial charge in [-0.25, -0.2) is 0 Å². The highest BCUT2D eigenvalue weighted by molar-refractivity contribution is 5.48. The van der Waals surface area contributed by atoms with E-state index in [9.17, 15) is 4.79 Å². The zero-order valence-corrected chi connectivity index (χ0v) is 8.66. The maximum Gasteiger partial charge on any atom is 0.120 e. The van der Waals surface area contributed by atoms with Crippen LogP contribution in [-0.2, 0) is 11.3 Å². The first-order valence-corrected chi connectivity index (χ1v) is 4.75. The topological polar surface area (TPSA) is 34.9 Å². The van der Waals surface area contributed by atoms with Crippen LogP contribution < -0.4 is 0 Å². The number of rotatable bonds is 4. The summed E-state index contributed by atoms with van der Waals surface area (Å²) in [6, 6.07) is 0. The second-order valence-corrected chi connectivity index (χ2v) is 2.59. The van der Waals surface area contributed by atoms with E-state index in [-0.39, 0.29) is 0 Å². The fourth-order valence-electron chi connectivity index (χ4n) is 0.926. The Hall–Kier alpha value is -1.12. The SMILES string of the molecule is CC.Cc1cnn(CCCC=O)c1. The van der Waals surface area contributed by atoms with Crippen molar-refractivity contribution in [3.8, 4) is 0 Å². The summed E-state index contributed by atoms with van der Waals surface area (Å²) in [6.07, 6.45) is 6.24. The fourth-order valence-corrected chi connectivity index (χ4v) is 0.926. The predicted molar refractivity (Wildman–Crippen MR) is 53.6 cm³/mol. The van der Waals surface area contributed by atoms with Gasteiger partial charge in [0, 0.05) is 19.2 Å². The van der Waals surface area contributed by atoms with Crippen LogP contribution in [0.2, 0.25) is 0 Å². The number of nitrogens with zero attached hydrogens (tertiary/aromatic N) is 2. The minimum Gasteiger partial charge on any atom is -0.303 e. The Morgan fingerprint density at radius 1 is 1.54 bits per heavy atom. The number of carbonyl (C=O) groups excluding carboxylic acids is 1. The second kappa shape index (κ2) is 7.53. The molecule has 0 aliphatic carbocycles. The molecule has 0 saturated heterocycles. The van der Waals surface area contributed by atoms with Gasteiger partial charge in [0.25, 0.3) is 0 Å².